The number of rotatable bonds is 7. The first kappa shape index (κ1) is 22.5. The second kappa shape index (κ2) is 9.22. The first-order valence-corrected chi connectivity index (χ1v) is 12.4. The number of nitrogens with zero attached hydrogens (tertiary/aromatic N) is 3. The van der Waals surface area contributed by atoms with Crippen molar-refractivity contribution >= 4 is 22.6 Å². The largest absolute Gasteiger partial charge is 0.494 e. The Hall–Kier alpha value is -4.00. The Balaban J connectivity index is 1.20. The maximum atomic E-state index is 13.1. The summed E-state index contributed by atoms with van der Waals surface area (Å²) in [4.78, 5) is 19.9. The molecule has 0 bridgehead atoms. The van der Waals surface area contributed by atoms with Gasteiger partial charge >= 0.3 is 0 Å². The molecule has 0 saturated carbocycles. The van der Waals surface area contributed by atoms with Crippen molar-refractivity contribution in [2.24, 2.45) is 0 Å². The van der Waals surface area contributed by atoms with Crippen LogP contribution in [-0.4, -0.2) is 35.4 Å². The molecular formula is C29H29N3O4. The van der Waals surface area contributed by atoms with Gasteiger partial charge in [-0.2, -0.15) is 0 Å². The zero-order valence-electron chi connectivity index (χ0n) is 20.6. The molecule has 0 radical (unpaired) electrons. The lowest BCUT2D eigenvalue weighted by molar-refractivity contribution is -0.117. The zero-order chi connectivity index (χ0) is 24.6. The van der Waals surface area contributed by atoms with Crippen LogP contribution in [0.25, 0.3) is 11.0 Å². The Morgan fingerprint density at radius 3 is 2.67 bits per heavy atom. The minimum absolute atomic E-state index is 0.00987. The van der Waals surface area contributed by atoms with Gasteiger partial charge in [0.15, 0.2) is 11.5 Å². The smallest absolute Gasteiger partial charge is 0.231 e. The fourth-order valence-electron chi connectivity index (χ4n) is 5.25. The van der Waals surface area contributed by atoms with Crippen LogP contribution in [0.15, 0.2) is 60.7 Å². The lowest BCUT2D eigenvalue weighted by Gasteiger charge is -2.18. The molecule has 3 aromatic carbocycles. The third kappa shape index (κ3) is 4.26. The molecule has 4 aromatic rings. The third-order valence-corrected chi connectivity index (χ3v) is 6.83. The van der Waals surface area contributed by atoms with Crippen LogP contribution < -0.4 is 19.1 Å². The van der Waals surface area contributed by atoms with E-state index in [9.17, 15) is 4.79 Å². The van der Waals surface area contributed by atoms with Crippen LogP contribution in [0, 0.1) is 13.8 Å². The summed E-state index contributed by atoms with van der Waals surface area (Å²) in [7, 11) is 0. The van der Waals surface area contributed by atoms with E-state index < -0.39 is 0 Å². The minimum Gasteiger partial charge on any atom is -0.494 e. The summed E-state index contributed by atoms with van der Waals surface area (Å²) in [6.07, 6.45) is 1.27. The van der Waals surface area contributed by atoms with E-state index in [1.807, 2.05) is 41.3 Å². The average molecular weight is 484 g/mol. The quantitative estimate of drug-likeness (QED) is 0.331. The summed E-state index contributed by atoms with van der Waals surface area (Å²) in [5, 5.41) is 0. The van der Waals surface area contributed by atoms with E-state index in [1.54, 1.807) is 0 Å². The van der Waals surface area contributed by atoms with Gasteiger partial charge in [0.25, 0.3) is 0 Å². The predicted molar refractivity (Wildman–Crippen MR) is 138 cm³/mol. The van der Waals surface area contributed by atoms with Crippen molar-refractivity contribution in [1.29, 1.82) is 0 Å². The van der Waals surface area contributed by atoms with Crippen LogP contribution in [0.2, 0.25) is 0 Å². The van der Waals surface area contributed by atoms with Gasteiger partial charge in [-0.3, -0.25) is 4.79 Å². The van der Waals surface area contributed by atoms with Crippen molar-refractivity contribution in [1.82, 2.24) is 9.55 Å². The first-order valence-electron chi connectivity index (χ1n) is 12.4. The molecule has 1 fully saturated rings. The highest BCUT2D eigenvalue weighted by Gasteiger charge is 2.35. The number of amides is 1. The van der Waals surface area contributed by atoms with E-state index in [4.69, 9.17) is 19.2 Å². The number of aromatic nitrogens is 2. The molecule has 7 nitrogen and oxygen atoms in total. The number of benzene rings is 3. The maximum Gasteiger partial charge on any atom is 0.231 e. The van der Waals surface area contributed by atoms with Crippen molar-refractivity contribution in [2.45, 2.75) is 39.2 Å². The number of anilines is 1. The second-order valence-corrected chi connectivity index (χ2v) is 9.58. The van der Waals surface area contributed by atoms with E-state index in [-0.39, 0.29) is 18.6 Å². The molecule has 6 rings (SSSR count). The SMILES string of the molecule is Cc1cc(C)cc(OCCCn2c(C3CC(=O)N(c4ccc5c(c4)OCO5)C3)nc3ccccc32)c1. The Labute approximate surface area is 210 Å². The van der Waals surface area contributed by atoms with E-state index in [1.165, 1.54) is 11.1 Å². The summed E-state index contributed by atoms with van der Waals surface area (Å²) in [5.74, 6) is 3.36. The molecule has 1 saturated heterocycles. The highest BCUT2D eigenvalue weighted by atomic mass is 16.7. The molecule has 184 valence electrons. The molecule has 1 atom stereocenters. The Kier molecular flexibility index (Phi) is 5.76. The second-order valence-electron chi connectivity index (χ2n) is 9.58. The van der Waals surface area contributed by atoms with Crippen LogP contribution in [0.1, 0.15) is 35.7 Å². The van der Waals surface area contributed by atoms with E-state index >= 15 is 0 Å². The Morgan fingerprint density at radius 2 is 1.81 bits per heavy atom. The lowest BCUT2D eigenvalue weighted by Crippen LogP contribution is -2.24. The molecule has 1 amide bonds. The lowest BCUT2D eigenvalue weighted by atomic mass is 10.1. The van der Waals surface area contributed by atoms with Crippen molar-refractivity contribution < 1.29 is 19.0 Å². The molecule has 0 spiro atoms. The van der Waals surface area contributed by atoms with Crippen molar-refractivity contribution in [3.63, 3.8) is 0 Å². The van der Waals surface area contributed by atoms with Crippen LogP contribution in [0.5, 0.6) is 17.2 Å². The highest BCUT2D eigenvalue weighted by molar-refractivity contribution is 5.97. The van der Waals surface area contributed by atoms with Gasteiger partial charge in [0, 0.05) is 37.2 Å². The number of ether oxygens (including phenoxy) is 3. The average Bonchev–Trinajstić information content (AvgIpc) is 3.57. The van der Waals surface area contributed by atoms with Crippen LogP contribution in [0.4, 0.5) is 5.69 Å². The molecule has 2 aliphatic rings. The van der Waals surface area contributed by atoms with Crippen LogP contribution in [0.3, 0.4) is 0 Å². The fraction of sp³-hybridized carbons (Fsp3) is 0.310. The van der Waals surface area contributed by atoms with Gasteiger partial charge < -0.3 is 23.7 Å². The van der Waals surface area contributed by atoms with E-state index in [2.05, 4.69) is 42.7 Å². The summed E-state index contributed by atoms with van der Waals surface area (Å²) in [5.41, 5.74) is 5.28. The number of aryl methyl sites for hydroxylation is 3. The van der Waals surface area contributed by atoms with Gasteiger partial charge in [-0.1, -0.05) is 18.2 Å². The Morgan fingerprint density at radius 1 is 1.00 bits per heavy atom. The number of hydrogen-bond donors (Lipinski definition) is 0. The standard InChI is InChI=1S/C29H29N3O4/c1-19-12-20(2)14-23(13-19)34-11-5-10-31-25-7-4-3-6-24(25)30-29(31)21-15-28(33)32(17-21)22-8-9-26-27(16-22)36-18-35-26/h3-4,6-9,12-14,16,21H,5,10-11,15,17-18H2,1-2H3. The molecule has 0 N–H and O–H groups in total. The summed E-state index contributed by atoms with van der Waals surface area (Å²) in [6.45, 7) is 6.35. The third-order valence-electron chi connectivity index (χ3n) is 6.83. The number of carbonyl (C=O) groups is 1. The van der Waals surface area contributed by atoms with Gasteiger partial charge in [0.1, 0.15) is 11.6 Å². The van der Waals surface area contributed by atoms with Gasteiger partial charge in [-0.15, -0.1) is 0 Å². The predicted octanol–water partition coefficient (Wildman–Crippen LogP) is 5.37. The zero-order valence-corrected chi connectivity index (χ0v) is 20.6. The summed E-state index contributed by atoms with van der Waals surface area (Å²) in [6, 6.07) is 20.1. The number of hydrogen-bond acceptors (Lipinski definition) is 5. The van der Waals surface area contributed by atoms with Gasteiger partial charge in [0.2, 0.25) is 12.7 Å². The van der Waals surface area contributed by atoms with E-state index in [0.29, 0.717) is 31.1 Å². The summed E-state index contributed by atoms with van der Waals surface area (Å²) < 4.78 is 19.3. The van der Waals surface area contributed by atoms with E-state index in [0.717, 1.165) is 41.3 Å². The Bertz CT molecular complexity index is 1420. The normalized spacial score (nSPS) is 16.8. The number of para-hydroxylation sites is 2. The van der Waals surface area contributed by atoms with Crippen LogP contribution >= 0.6 is 0 Å². The summed E-state index contributed by atoms with van der Waals surface area (Å²) >= 11 is 0. The molecule has 1 aromatic heterocycles. The number of fused-ring (bicyclic) bond motifs is 2. The van der Waals surface area contributed by atoms with Gasteiger partial charge in [-0.25, -0.2) is 4.98 Å². The van der Waals surface area contributed by atoms with Crippen molar-refractivity contribution in [2.75, 3.05) is 24.8 Å². The monoisotopic (exact) mass is 483 g/mol. The van der Waals surface area contributed by atoms with Crippen LogP contribution in [-0.2, 0) is 11.3 Å². The fourth-order valence-corrected chi connectivity index (χ4v) is 5.25. The van der Waals surface area contributed by atoms with Gasteiger partial charge in [-0.05, 0) is 67.8 Å². The van der Waals surface area contributed by atoms with Crippen molar-refractivity contribution in [3.05, 3.63) is 77.6 Å². The molecule has 2 aliphatic heterocycles. The molecule has 0 aliphatic carbocycles. The molecular weight excluding hydrogens is 454 g/mol. The topological polar surface area (TPSA) is 65.8 Å². The number of carbonyl (C=O) groups excluding carboxylic acids is 1. The minimum atomic E-state index is 0.00987. The maximum absolute atomic E-state index is 13.1. The van der Waals surface area contributed by atoms with Crippen molar-refractivity contribution in [3.8, 4) is 17.2 Å². The molecule has 36 heavy (non-hydrogen) atoms. The van der Waals surface area contributed by atoms with Gasteiger partial charge in [0.05, 0.1) is 17.6 Å². The molecule has 7 heteroatoms. The first-order chi connectivity index (χ1) is 17.5. The number of imidazole rings is 1. The molecule has 3 heterocycles. The highest BCUT2D eigenvalue weighted by Crippen LogP contribution is 2.39. The molecule has 1 unspecified atom stereocenters.